The molecule has 10 heteroatoms. The highest BCUT2D eigenvalue weighted by molar-refractivity contribution is 14.1. The number of hydrogen-bond acceptors (Lipinski definition) is 4. The Hall–Kier alpha value is -0.350. The molecule has 0 saturated heterocycles. The molecule has 0 aliphatic rings. The van der Waals surface area contributed by atoms with Crippen molar-refractivity contribution in [2.75, 3.05) is 14.2 Å². The van der Waals surface area contributed by atoms with Crippen LogP contribution in [0.4, 0.5) is 0 Å². The molecule has 0 aromatic heterocycles. The van der Waals surface area contributed by atoms with E-state index in [0.717, 1.165) is 26.7 Å². The number of halogens is 4. The lowest BCUT2D eigenvalue weighted by Crippen LogP contribution is -2.01. The zero-order chi connectivity index (χ0) is 20.3. The van der Waals surface area contributed by atoms with E-state index in [2.05, 4.69) is 61.1 Å². The molecule has 0 atom stereocenters. The van der Waals surface area contributed by atoms with Crippen LogP contribution in [0.5, 0.6) is 11.5 Å². The topological polar surface area (TPSA) is 93.1 Å². The van der Waals surface area contributed by atoms with Gasteiger partial charge in [-0.1, -0.05) is 15.9 Å². The minimum atomic E-state index is -0.865. The number of methoxy groups -OCH3 is 2. The Morgan fingerprint density at radius 2 is 1.62 bits per heavy atom. The minimum absolute atomic E-state index is 0.250. The molecule has 2 aromatic carbocycles. The van der Waals surface area contributed by atoms with Crippen LogP contribution in [0.25, 0.3) is 0 Å². The number of carboxylic acid groups (broad SMARTS) is 2. The summed E-state index contributed by atoms with van der Waals surface area (Å²) < 4.78 is 13.8. The van der Waals surface area contributed by atoms with Gasteiger partial charge in [0.2, 0.25) is 0 Å². The van der Waals surface area contributed by atoms with E-state index < -0.39 is 5.97 Å². The van der Waals surface area contributed by atoms with Crippen molar-refractivity contribution in [3.05, 3.63) is 51.1 Å². The van der Waals surface area contributed by atoms with Gasteiger partial charge >= 0.3 is 5.97 Å². The van der Waals surface area contributed by atoms with Crippen molar-refractivity contribution >= 4 is 96.1 Å². The summed E-state index contributed by atoms with van der Waals surface area (Å²) in [6.45, 7) is -0.250. The number of rotatable bonds is 3. The van der Waals surface area contributed by atoms with Crippen LogP contribution in [0, 0.1) is 10.7 Å². The van der Waals surface area contributed by atoms with Crippen molar-refractivity contribution in [1.82, 2.24) is 0 Å². The maximum absolute atomic E-state index is 10.7. The van der Waals surface area contributed by atoms with Gasteiger partial charge in [0.05, 0.1) is 19.8 Å². The highest BCUT2D eigenvalue weighted by atomic mass is 127. The Balaban J connectivity index is 0.000000419. The molecule has 0 bridgehead atoms. The van der Waals surface area contributed by atoms with Crippen LogP contribution in [0.1, 0.15) is 10.4 Å². The molecule has 26 heavy (non-hydrogen) atoms. The third-order valence-corrected chi connectivity index (χ3v) is 6.73. The molecule has 0 amide bonds. The molecule has 0 radical (unpaired) electrons. The van der Waals surface area contributed by atoms with Gasteiger partial charge in [0.1, 0.15) is 0 Å². The zero-order valence-corrected chi connectivity index (χ0v) is 21.6. The molecular formula is C16H14BrI3O6. The summed E-state index contributed by atoms with van der Waals surface area (Å²) in [5, 5.41) is 15.7. The Bertz CT molecular complexity index is 755. The van der Waals surface area contributed by atoms with Crippen molar-refractivity contribution in [1.29, 1.82) is 0 Å². The second-order valence-electron chi connectivity index (χ2n) is 4.16. The normalized spacial score (nSPS) is 9.00. The Kier molecular flexibility index (Phi) is 13.6. The Labute approximate surface area is 200 Å². The second-order valence-corrected chi connectivity index (χ2v) is 8.56. The molecule has 142 valence electrons. The number of carboxylic acids is 1. The van der Waals surface area contributed by atoms with Gasteiger partial charge in [-0.15, -0.1) is 0 Å². The van der Waals surface area contributed by atoms with Crippen LogP contribution >= 0.6 is 83.7 Å². The van der Waals surface area contributed by atoms with E-state index in [4.69, 9.17) is 24.5 Å². The first-order valence-corrected chi connectivity index (χ1v) is 10.6. The first-order chi connectivity index (χ1) is 12.2. The molecule has 2 aromatic rings. The van der Waals surface area contributed by atoms with Crippen molar-refractivity contribution in [3.63, 3.8) is 0 Å². The summed E-state index contributed by atoms with van der Waals surface area (Å²) in [6.07, 6.45) is 0. The van der Waals surface area contributed by atoms with E-state index in [-0.39, 0.29) is 6.47 Å². The van der Waals surface area contributed by atoms with E-state index in [1.165, 1.54) is 0 Å². The summed E-state index contributed by atoms with van der Waals surface area (Å²) in [7, 11) is 3.23. The standard InChI is InChI=1S/C8H9BrO2.C7H3I3O2.CH2O2/c1-10-7-4-3-6(9)5-8(7)11-2;8-3-1-4(7(11)12)6(10)5(9)2-3;2-1-3/h3-5H,1-2H3;1-2H,(H,11,12);1H,(H,2,3). The molecule has 0 unspecified atom stereocenters. The highest BCUT2D eigenvalue weighted by Gasteiger charge is 2.11. The van der Waals surface area contributed by atoms with Gasteiger partial charge in [0, 0.05) is 15.2 Å². The van der Waals surface area contributed by atoms with Crippen LogP contribution in [-0.2, 0) is 4.79 Å². The highest BCUT2D eigenvalue weighted by Crippen LogP contribution is 2.29. The van der Waals surface area contributed by atoms with E-state index >= 15 is 0 Å². The fourth-order valence-electron chi connectivity index (χ4n) is 1.52. The number of hydrogen-bond donors (Lipinski definition) is 2. The Morgan fingerprint density at radius 3 is 2.08 bits per heavy atom. The van der Waals surface area contributed by atoms with Crippen molar-refractivity contribution in [3.8, 4) is 11.5 Å². The average Bonchev–Trinajstić information content (AvgIpc) is 2.59. The van der Waals surface area contributed by atoms with E-state index in [1.807, 2.05) is 46.9 Å². The molecule has 6 nitrogen and oxygen atoms in total. The maximum atomic E-state index is 10.7. The molecule has 0 spiro atoms. The predicted molar refractivity (Wildman–Crippen MR) is 127 cm³/mol. The van der Waals surface area contributed by atoms with Gasteiger partial charge in [-0.25, -0.2) is 4.79 Å². The Morgan fingerprint density at radius 1 is 1.08 bits per heavy atom. The summed E-state index contributed by atoms with van der Waals surface area (Å²) >= 11 is 9.62. The number of carbonyl (C=O) groups is 2. The average molecular weight is 763 g/mol. The third kappa shape index (κ3) is 9.03. The number of aromatic carboxylic acids is 1. The fraction of sp³-hybridized carbons (Fsp3) is 0.125. The summed E-state index contributed by atoms with van der Waals surface area (Å²) in [6, 6.07) is 9.24. The molecule has 2 N–H and O–H groups in total. The SMILES string of the molecule is COc1ccc(Br)cc1OC.O=C(O)c1cc(I)cc(I)c1I.O=CO. The number of benzene rings is 2. The summed E-state index contributed by atoms with van der Waals surface area (Å²) in [5.74, 6) is 0.619. The van der Waals surface area contributed by atoms with Crippen LogP contribution in [0.2, 0.25) is 0 Å². The molecule has 0 heterocycles. The zero-order valence-electron chi connectivity index (χ0n) is 13.5. The lowest BCUT2D eigenvalue weighted by atomic mass is 10.2. The first-order valence-electron chi connectivity index (χ1n) is 6.55. The van der Waals surface area contributed by atoms with Gasteiger partial charge in [0.15, 0.2) is 11.5 Å². The van der Waals surface area contributed by atoms with Gasteiger partial charge in [0.25, 0.3) is 6.47 Å². The maximum Gasteiger partial charge on any atom is 0.336 e. The molecule has 2 rings (SSSR count). The van der Waals surface area contributed by atoms with Crippen LogP contribution < -0.4 is 9.47 Å². The quantitative estimate of drug-likeness (QED) is 0.249. The number of ether oxygens (including phenoxy) is 2. The van der Waals surface area contributed by atoms with Crippen molar-refractivity contribution < 1.29 is 29.3 Å². The molecule has 0 aliphatic carbocycles. The van der Waals surface area contributed by atoms with Crippen LogP contribution in [0.15, 0.2) is 34.8 Å². The molecule has 0 fully saturated rings. The summed E-state index contributed by atoms with van der Waals surface area (Å²) in [4.78, 5) is 19.1. The van der Waals surface area contributed by atoms with Gasteiger partial charge in [-0.2, -0.15) is 0 Å². The van der Waals surface area contributed by atoms with Crippen molar-refractivity contribution in [2.24, 2.45) is 0 Å². The predicted octanol–water partition coefficient (Wildman–Crippen LogP) is 5.37. The smallest absolute Gasteiger partial charge is 0.336 e. The molecular weight excluding hydrogens is 749 g/mol. The van der Waals surface area contributed by atoms with E-state index in [9.17, 15) is 4.79 Å². The first kappa shape index (κ1) is 25.6. The molecule has 0 aliphatic heterocycles. The second kappa shape index (κ2) is 13.8. The van der Waals surface area contributed by atoms with Gasteiger partial charge in [-0.3, -0.25) is 4.79 Å². The lowest BCUT2D eigenvalue weighted by Gasteiger charge is -2.06. The van der Waals surface area contributed by atoms with E-state index in [0.29, 0.717) is 5.56 Å². The van der Waals surface area contributed by atoms with Crippen LogP contribution in [0.3, 0.4) is 0 Å². The summed E-state index contributed by atoms with van der Waals surface area (Å²) in [5.41, 5.74) is 0.381. The van der Waals surface area contributed by atoms with E-state index in [1.54, 1.807) is 20.3 Å². The minimum Gasteiger partial charge on any atom is -0.493 e. The third-order valence-electron chi connectivity index (χ3n) is 2.57. The van der Waals surface area contributed by atoms with Crippen molar-refractivity contribution in [2.45, 2.75) is 0 Å². The monoisotopic (exact) mass is 762 g/mol. The van der Waals surface area contributed by atoms with Gasteiger partial charge < -0.3 is 19.7 Å². The van der Waals surface area contributed by atoms with Crippen LogP contribution in [-0.4, -0.2) is 36.9 Å². The van der Waals surface area contributed by atoms with Gasteiger partial charge in [-0.05, 0) is 98.1 Å². The lowest BCUT2D eigenvalue weighted by molar-refractivity contribution is -0.122. The largest absolute Gasteiger partial charge is 0.493 e. The fourth-order valence-corrected chi connectivity index (χ4v) is 4.25. The molecule has 0 saturated carbocycles.